The molecule has 0 radical (unpaired) electrons. The number of nitrogens with zero attached hydrogens (tertiary/aromatic N) is 3. The summed E-state index contributed by atoms with van der Waals surface area (Å²) in [6, 6.07) is 13.8. The van der Waals surface area contributed by atoms with Crippen molar-refractivity contribution in [1.29, 1.82) is 0 Å². The number of benzene rings is 2. The molecule has 0 aliphatic carbocycles. The average molecular weight is 494 g/mol. The highest BCUT2D eigenvalue weighted by Gasteiger charge is 2.15. The zero-order chi connectivity index (χ0) is 25.2. The summed E-state index contributed by atoms with van der Waals surface area (Å²) in [6.45, 7) is 8.35. The predicted molar refractivity (Wildman–Crippen MR) is 134 cm³/mol. The number of carbonyl (C=O) groups is 3. The fourth-order valence-corrected chi connectivity index (χ4v) is 3.91. The van der Waals surface area contributed by atoms with Crippen molar-refractivity contribution in [2.45, 2.75) is 32.1 Å². The second-order valence-corrected chi connectivity index (χ2v) is 8.43. The van der Waals surface area contributed by atoms with Crippen LogP contribution in [0.5, 0.6) is 0 Å². The molecule has 35 heavy (non-hydrogen) atoms. The molecule has 0 fully saturated rings. The van der Waals surface area contributed by atoms with Gasteiger partial charge in [0.15, 0.2) is 11.0 Å². The maximum atomic E-state index is 12.5. The first-order chi connectivity index (χ1) is 16.9. The third-order valence-electron chi connectivity index (χ3n) is 4.80. The normalized spacial score (nSPS) is 10.5. The second-order valence-electron chi connectivity index (χ2n) is 7.48. The van der Waals surface area contributed by atoms with Crippen LogP contribution < -0.4 is 10.6 Å². The lowest BCUT2D eigenvalue weighted by atomic mass is 10.1. The Bertz CT molecular complexity index is 1210. The fraction of sp³-hybridized carbons (Fsp3) is 0.240. The Labute approximate surface area is 208 Å². The van der Waals surface area contributed by atoms with E-state index in [1.165, 1.54) is 11.8 Å². The molecule has 0 aliphatic rings. The highest BCUT2D eigenvalue weighted by atomic mass is 32.2. The van der Waals surface area contributed by atoms with Gasteiger partial charge in [0.25, 0.3) is 5.91 Å². The largest absolute Gasteiger partial charge is 0.462 e. The van der Waals surface area contributed by atoms with Crippen LogP contribution in [-0.4, -0.2) is 44.9 Å². The molecule has 2 N–H and O–H groups in total. The highest BCUT2D eigenvalue weighted by Crippen LogP contribution is 2.18. The fourth-order valence-electron chi connectivity index (χ4n) is 3.15. The lowest BCUT2D eigenvalue weighted by Crippen LogP contribution is -2.25. The van der Waals surface area contributed by atoms with E-state index in [9.17, 15) is 14.4 Å². The van der Waals surface area contributed by atoms with Crippen molar-refractivity contribution in [3.05, 3.63) is 83.7 Å². The standard InChI is InChI=1S/C25H27N5O4S/c1-4-13-30-21(15-26-23(32)19-8-6-7-17(3)14-19)28-29-25(30)35-16-22(31)27-20-11-9-18(10-12-20)24(33)34-5-2/h4,6-12,14H,1,5,13,15-16H2,2-3H3,(H,26,32)(H,27,31). The van der Waals surface area contributed by atoms with Crippen LogP contribution in [0.2, 0.25) is 0 Å². The number of amides is 2. The molecule has 182 valence electrons. The quantitative estimate of drug-likeness (QED) is 0.238. The van der Waals surface area contributed by atoms with Crippen LogP contribution in [0.4, 0.5) is 5.69 Å². The summed E-state index contributed by atoms with van der Waals surface area (Å²) >= 11 is 1.23. The molecule has 2 amide bonds. The molecule has 0 saturated carbocycles. The molecule has 9 nitrogen and oxygen atoms in total. The van der Waals surface area contributed by atoms with Gasteiger partial charge in [-0.05, 0) is 50.2 Å². The first-order valence-electron chi connectivity index (χ1n) is 11.0. The molecule has 3 rings (SSSR count). The van der Waals surface area contributed by atoms with E-state index in [1.54, 1.807) is 47.9 Å². The number of rotatable bonds is 11. The number of thioether (sulfide) groups is 1. The van der Waals surface area contributed by atoms with E-state index in [2.05, 4.69) is 27.4 Å². The Morgan fingerprint density at radius 1 is 1.11 bits per heavy atom. The third-order valence-corrected chi connectivity index (χ3v) is 5.77. The summed E-state index contributed by atoms with van der Waals surface area (Å²) < 4.78 is 6.75. The first-order valence-corrected chi connectivity index (χ1v) is 12.0. The predicted octanol–water partition coefficient (Wildman–Crippen LogP) is 3.61. The number of carbonyl (C=O) groups excluding carboxylic acids is 3. The van der Waals surface area contributed by atoms with Crippen LogP contribution in [0.15, 0.2) is 66.3 Å². The summed E-state index contributed by atoms with van der Waals surface area (Å²) in [6.07, 6.45) is 1.70. The van der Waals surface area contributed by atoms with Gasteiger partial charge in [0.05, 0.1) is 24.5 Å². The van der Waals surface area contributed by atoms with Crippen molar-refractivity contribution in [3.8, 4) is 0 Å². The lowest BCUT2D eigenvalue weighted by molar-refractivity contribution is -0.113. The number of allylic oxidation sites excluding steroid dienone is 1. The average Bonchev–Trinajstić information content (AvgIpc) is 3.23. The Kier molecular flexibility index (Phi) is 9.19. The van der Waals surface area contributed by atoms with Crippen LogP contribution in [-0.2, 0) is 22.6 Å². The van der Waals surface area contributed by atoms with Crippen molar-refractivity contribution in [1.82, 2.24) is 20.1 Å². The van der Waals surface area contributed by atoms with Gasteiger partial charge in [0, 0.05) is 17.8 Å². The summed E-state index contributed by atoms with van der Waals surface area (Å²) in [7, 11) is 0. The molecule has 0 saturated heterocycles. The van der Waals surface area contributed by atoms with Crippen molar-refractivity contribution in [3.63, 3.8) is 0 Å². The van der Waals surface area contributed by atoms with Gasteiger partial charge in [-0.1, -0.05) is 35.5 Å². The summed E-state index contributed by atoms with van der Waals surface area (Å²) in [4.78, 5) is 36.6. The van der Waals surface area contributed by atoms with Gasteiger partial charge in [-0.3, -0.25) is 9.59 Å². The summed E-state index contributed by atoms with van der Waals surface area (Å²) in [5.74, 6) is -0.188. The number of aryl methyl sites for hydroxylation is 1. The topological polar surface area (TPSA) is 115 Å². The van der Waals surface area contributed by atoms with Gasteiger partial charge in [-0.15, -0.1) is 16.8 Å². The number of hydrogen-bond donors (Lipinski definition) is 2. The van der Waals surface area contributed by atoms with Crippen molar-refractivity contribution in [2.75, 3.05) is 17.7 Å². The number of hydrogen-bond acceptors (Lipinski definition) is 7. The maximum Gasteiger partial charge on any atom is 0.338 e. The van der Waals surface area contributed by atoms with Crippen molar-refractivity contribution in [2.24, 2.45) is 0 Å². The van der Waals surface area contributed by atoms with E-state index in [1.807, 2.05) is 25.1 Å². The highest BCUT2D eigenvalue weighted by molar-refractivity contribution is 7.99. The molecule has 10 heteroatoms. The first kappa shape index (κ1) is 25.7. The third kappa shape index (κ3) is 7.28. The van der Waals surface area contributed by atoms with Gasteiger partial charge >= 0.3 is 5.97 Å². The van der Waals surface area contributed by atoms with Gasteiger partial charge in [-0.2, -0.15) is 0 Å². The molecular formula is C25H27N5O4S. The molecule has 0 spiro atoms. The molecule has 0 unspecified atom stereocenters. The zero-order valence-corrected chi connectivity index (χ0v) is 20.4. The van der Waals surface area contributed by atoms with Crippen LogP contribution in [0, 0.1) is 6.92 Å². The monoisotopic (exact) mass is 493 g/mol. The molecule has 0 atom stereocenters. The van der Waals surface area contributed by atoms with E-state index < -0.39 is 5.97 Å². The molecule has 3 aromatic rings. The number of ether oxygens (including phenoxy) is 1. The SMILES string of the molecule is C=CCn1c(CNC(=O)c2cccc(C)c2)nnc1SCC(=O)Nc1ccc(C(=O)OCC)cc1. The van der Waals surface area contributed by atoms with Gasteiger partial charge in [0.1, 0.15) is 0 Å². The number of aromatic nitrogens is 3. The molecule has 2 aromatic carbocycles. The lowest BCUT2D eigenvalue weighted by Gasteiger charge is -2.09. The van der Waals surface area contributed by atoms with Gasteiger partial charge in [-0.25, -0.2) is 4.79 Å². The van der Waals surface area contributed by atoms with Crippen molar-refractivity contribution < 1.29 is 19.1 Å². The number of esters is 1. The minimum atomic E-state index is -0.409. The minimum Gasteiger partial charge on any atom is -0.462 e. The Hall–Kier alpha value is -3.92. The second kappa shape index (κ2) is 12.5. The number of anilines is 1. The summed E-state index contributed by atoms with van der Waals surface area (Å²) in [5, 5.41) is 14.5. The molecule has 1 aromatic heterocycles. The zero-order valence-electron chi connectivity index (χ0n) is 19.6. The Morgan fingerprint density at radius 3 is 2.57 bits per heavy atom. The van der Waals surface area contributed by atoms with Crippen LogP contribution in [0.1, 0.15) is 39.0 Å². The van der Waals surface area contributed by atoms with E-state index in [0.717, 1.165) is 5.56 Å². The minimum absolute atomic E-state index is 0.102. The molecule has 0 bridgehead atoms. The van der Waals surface area contributed by atoms with E-state index in [0.29, 0.717) is 40.9 Å². The van der Waals surface area contributed by atoms with Gasteiger partial charge < -0.3 is 19.9 Å². The van der Waals surface area contributed by atoms with E-state index >= 15 is 0 Å². The maximum absolute atomic E-state index is 12.5. The molecule has 0 aliphatic heterocycles. The van der Waals surface area contributed by atoms with Crippen LogP contribution >= 0.6 is 11.8 Å². The molecule has 1 heterocycles. The van der Waals surface area contributed by atoms with Crippen LogP contribution in [0.3, 0.4) is 0 Å². The van der Waals surface area contributed by atoms with E-state index in [-0.39, 0.29) is 24.1 Å². The number of nitrogens with one attached hydrogen (secondary N) is 2. The Morgan fingerprint density at radius 2 is 1.89 bits per heavy atom. The smallest absolute Gasteiger partial charge is 0.338 e. The van der Waals surface area contributed by atoms with Crippen LogP contribution in [0.25, 0.3) is 0 Å². The van der Waals surface area contributed by atoms with Gasteiger partial charge in [0.2, 0.25) is 5.91 Å². The summed E-state index contributed by atoms with van der Waals surface area (Å²) in [5.41, 5.74) is 2.55. The Balaban J connectivity index is 1.57. The van der Waals surface area contributed by atoms with E-state index in [4.69, 9.17) is 4.74 Å². The molecular weight excluding hydrogens is 466 g/mol. The van der Waals surface area contributed by atoms with Crippen molar-refractivity contribution >= 4 is 35.2 Å².